The molecule has 0 atom stereocenters. The van der Waals surface area contributed by atoms with E-state index in [0.717, 1.165) is 22.4 Å². The Hall–Kier alpha value is -3.95. The van der Waals surface area contributed by atoms with Crippen LogP contribution in [-0.2, 0) is 22.3 Å². The molecule has 0 radical (unpaired) electrons. The summed E-state index contributed by atoms with van der Waals surface area (Å²) >= 11 is 0. The van der Waals surface area contributed by atoms with Gasteiger partial charge in [0.1, 0.15) is 6.54 Å². The second kappa shape index (κ2) is 9.68. The molecule has 0 bridgehead atoms. The van der Waals surface area contributed by atoms with Crippen molar-refractivity contribution in [2.75, 3.05) is 10.6 Å². The first-order valence-corrected chi connectivity index (χ1v) is 10.0. The average molecular weight is 458 g/mol. The Morgan fingerprint density at radius 1 is 1.00 bits per heavy atom. The molecule has 0 saturated heterocycles. The molecule has 7 nitrogen and oxygen atoms in total. The Morgan fingerprint density at radius 3 is 2.45 bits per heavy atom. The molecule has 2 aromatic carbocycles. The first-order chi connectivity index (χ1) is 15.6. The van der Waals surface area contributed by atoms with E-state index < -0.39 is 29.8 Å². The predicted molar refractivity (Wildman–Crippen MR) is 118 cm³/mol. The lowest BCUT2D eigenvalue weighted by molar-refractivity contribution is -0.137. The smallest absolute Gasteiger partial charge is 0.326 e. The van der Waals surface area contributed by atoms with Crippen LogP contribution in [0.4, 0.5) is 24.5 Å². The van der Waals surface area contributed by atoms with Crippen molar-refractivity contribution in [2.24, 2.45) is 0 Å². The molecule has 3 rings (SSSR count). The third-order valence-corrected chi connectivity index (χ3v) is 4.76. The average Bonchev–Trinajstić information content (AvgIpc) is 2.76. The standard InChI is InChI=1S/C23H21F3N4O3/c1-3-20(31)28-19-11-15(8-7-14(19)2)18-9-10-22(33)30(29-18)13-21(32)27-17-6-4-5-16(12-17)23(24,25)26/h4-12H,3,13H2,1-2H3,(H,27,32)(H,28,31). The van der Waals surface area contributed by atoms with E-state index in [1.54, 1.807) is 25.1 Å². The first kappa shape index (κ1) is 23.7. The topological polar surface area (TPSA) is 93.1 Å². The Kier molecular flexibility index (Phi) is 6.95. The van der Waals surface area contributed by atoms with E-state index in [-0.39, 0.29) is 11.6 Å². The Balaban J connectivity index is 1.81. The van der Waals surface area contributed by atoms with Crippen molar-refractivity contribution in [3.63, 3.8) is 0 Å². The zero-order valence-electron chi connectivity index (χ0n) is 17.9. The van der Waals surface area contributed by atoms with Crippen molar-refractivity contribution in [1.82, 2.24) is 9.78 Å². The number of amides is 2. The minimum atomic E-state index is -4.54. The molecule has 0 spiro atoms. The van der Waals surface area contributed by atoms with Gasteiger partial charge >= 0.3 is 6.18 Å². The van der Waals surface area contributed by atoms with Crippen molar-refractivity contribution in [1.29, 1.82) is 0 Å². The van der Waals surface area contributed by atoms with Crippen LogP contribution in [0.3, 0.4) is 0 Å². The van der Waals surface area contributed by atoms with Crippen LogP contribution in [0.1, 0.15) is 24.5 Å². The molecule has 2 N–H and O–H groups in total. The summed E-state index contributed by atoms with van der Waals surface area (Å²) in [7, 11) is 0. The summed E-state index contributed by atoms with van der Waals surface area (Å²) in [6.45, 7) is 3.08. The van der Waals surface area contributed by atoms with Crippen molar-refractivity contribution >= 4 is 23.2 Å². The number of carbonyl (C=O) groups excluding carboxylic acids is 2. The highest BCUT2D eigenvalue weighted by molar-refractivity contribution is 5.92. The van der Waals surface area contributed by atoms with Gasteiger partial charge in [-0.3, -0.25) is 14.4 Å². The fraction of sp³-hybridized carbons (Fsp3) is 0.217. The lowest BCUT2D eigenvalue weighted by Gasteiger charge is -2.12. The van der Waals surface area contributed by atoms with Crippen LogP contribution < -0.4 is 16.2 Å². The Labute approximate surface area is 187 Å². The van der Waals surface area contributed by atoms with E-state index in [4.69, 9.17) is 0 Å². The summed E-state index contributed by atoms with van der Waals surface area (Å²) in [5.74, 6) is -0.861. The number of rotatable bonds is 6. The SMILES string of the molecule is CCC(=O)Nc1cc(-c2ccc(=O)n(CC(=O)Nc3cccc(C(F)(F)F)c3)n2)ccc1C. The Morgan fingerprint density at radius 2 is 1.76 bits per heavy atom. The van der Waals surface area contributed by atoms with Gasteiger partial charge in [0, 0.05) is 29.4 Å². The maximum Gasteiger partial charge on any atom is 0.416 e. The van der Waals surface area contributed by atoms with E-state index in [9.17, 15) is 27.6 Å². The van der Waals surface area contributed by atoms with Crippen LogP contribution in [0, 0.1) is 6.92 Å². The largest absolute Gasteiger partial charge is 0.416 e. The monoisotopic (exact) mass is 458 g/mol. The molecule has 33 heavy (non-hydrogen) atoms. The lowest BCUT2D eigenvalue weighted by Crippen LogP contribution is -2.29. The summed E-state index contributed by atoms with van der Waals surface area (Å²) in [4.78, 5) is 36.3. The van der Waals surface area contributed by atoms with Crippen LogP contribution in [0.2, 0.25) is 0 Å². The fourth-order valence-corrected chi connectivity index (χ4v) is 2.98. The van der Waals surface area contributed by atoms with Crippen LogP contribution in [0.5, 0.6) is 0 Å². The molecule has 0 unspecified atom stereocenters. The van der Waals surface area contributed by atoms with Crippen molar-refractivity contribution in [3.8, 4) is 11.3 Å². The minimum absolute atomic E-state index is 0.0473. The number of benzene rings is 2. The van der Waals surface area contributed by atoms with Crippen LogP contribution in [0.25, 0.3) is 11.3 Å². The van der Waals surface area contributed by atoms with Gasteiger partial charge in [-0.05, 0) is 42.8 Å². The number of anilines is 2. The number of aryl methyl sites for hydroxylation is 1. The van der Waals surface area contributed by atoms with Gasteiger partial charge in [0.05, 0.1) is 11.3 Å². The molecular formula is C23H21F3N4O3. The molecule has 1 heterocycles. The molecule has 10 heteroatoms. The van der Waals surface area contributed by atoms with E-state index in [0.29, 0.717) is 23.4 Å². The van der Waals surface area contributed by atoms with Gasteiger partial charge in [0.25, 0.3) is 5.56 Å². The number of halogens is 3. The molecule has 3 aromatic rings. The second-order valence-corrected chi connectivity index (χ2v) is 7.27. The predicted octanol–water partition coefficient (Wildman–Crippen LogP) is 4.22. The first-order valence-electron chi connectivity index (χ1n) is 10.0. The van der Waals surface area contributed by atoms with E-state index in [1.165, 1.54) is 24.3 Å². The van der Waals surface area contributed by atoms with Gasteiger partial charge in [-0.1, -0.05) is 25.1 Å². The second-order valence-electron chi connectivity index (χ2n) is 7.27. The number of carbonyl (C=O) groups is 2. The minimum Gasteiger partial charge on any atom is -0.326 e. The molecule has 2 amide bonds. The van der Waals surface area contributed by atoms with Gasteiger partial charge in [-0.2, -0.15) is 18.3 Å². The molecule has 0 aliphatic carbocycles. The van der Waals surface area contributed by atoms with Crippen LogP contribution in [0.15, 0.2) is 59.4 Å². The zero-order chi connectivity index (χ0) is 24.2. The molecule has 1 aromatic heterocycles. The zero-order valence-corrected chi connectivity index (χ0v) is 17.9. The van der Waals surface area contributed by atoms with Crippen molar-refractivity contribution < 1.29 is 22.8 Å². The highest BCUT2D eigenvalue weighted by Crippen LogP contribution is 2.30. The number of hydrogen-bond acceptors (Lipinski definition) is 4. The molecule has 0 saturated carbocycles. The molecule has 0 fully saturated rings. The van der Waals surface area contributed by atoms with Crippen molar-refractivity contribution in [2.45, 2.75) is 33.0 Å². The number of hydrogen-bond donors (Lipinski definition) is 2. The Bertz CT molecular complexity index is 1250. The van der Waals surface area contributed by atoms with Crippen LogP contribution >= 0.6 is 0 Å². The summed E-state index contributed by atoms with van der Waals surface area (Å²) in [6, 6.07) is 12.2. The van der Waals surface area contributed by atoms with E-state index in [1.807, 2.05) is 6.92 Å². The van der Waals surface area contributed by atoms with Gasteiger partial charge in [0.2, 0.25) is 11.8 Å². The maximum atomic E-state index is 12.9. The maximum absolute atomic E-state index is 12.9. The number of aromatic nitrogens is 2. The summed E-state index contributed by atoms with van der Waals surface area (Å²) in [6.07, 6.45) is -4.23. The molecule has 0 aliphatic rings. The summed E-state index contributed by atoms with van der Waals surface area (Å²) in [5, 5.41) is 9.34. The normalized spacial score (nSPS) is 11.2. The van der Waals surface area contributed by atoms with Gasteiger partial charge < -0.3 is 10.6 Å². The number of nitrogens with one attached hydrogen (secondary N) is 2. The quantitative estimate of drug-likeness (QED) is 0.578. The van der Waals surface area contributed by atoms with Crippen molar-refractivity contribution in [3.05, 3.63) is 76.1 Å². The summed E-state index contributed by atoms with van der Waals surface area (Å²) < 4.78 is 39.5. The van der Waals surface area contributed by atoms with Crippen LogP contribution in [-0.4, -0.2) is 21.6 Å². The highest BCUT2D eigenvalue weighted by Gasteiger charge is 2.30. The van der Waals surface area contributed by atoms with E-state index >= 15 is 0 Å². The molecule has 0 aliphatic heterocycles. The number of alkyl halides is 3. The van der Waals surface area contributed by atoms with Gasteiger partial charge in [-0.25, -0.2) is 4.68 Å². The fourth-order valence-electron chi connectivity index (χ4n) is 2.98. The number of nitrogens with zero attached hydrogens (tertiary/aromatic N) is 2. The van der Waals surface area contributed by atoms with E-state index in [2.05, 4.69) is 15.7 Å². The third kappa shape index (κ3) is 6.06. The highest BCUT2D eigenvalue weighted by atomic mass is 19.4. The molecular weight excluding hydrogens is 437 g/mol. The molecule has 172 valence electrons. The van der Waals surface area contributed by atoms with Gasteiger partial charge in [0.15, 0.2) is 0 Å². The summed E-state index contributed by atoms with van der Waals surface area (Å²) in [5.41, 5.74) is 0.935. The lowest BCUT2D eigenvalue weighted by atomic mass is 10.1. The van der Waals surface area contributed by atoms with Gasteiger partial charge in [-0.15, -0.1) is 0 Å². The third-order valence-electron chi connectivity index (χ3n) is 4.76.